The van der Waals surface area contributed by atoms with E-state index < -0.39 is 6.04 Å². The molecule has 2 aromatic rings. The third kappa shape index (κ3) is 7.17. The van der Waals surface area contributed by atoms with Crippen LogP contribution in [0.2, 0.25) is 0 Å². The number of fused-ring (bicyclic) bond motifs is 1. The van der Waals surface area contributed by atoms with Gasteiger partial charge in [-0.1, -0.05) is 70.2 Å². The smallest absolute Gasteiger partial charge is 0.242 e. The molecule has 29 heavy (non-hydrogen) atoms. The third-order valence-corrected chi connectivity index (χ3v) is 4.93. The van der Waals surface area contributed by atoms with Crippen molar-refractivity contribution >= 4 is 22.6 Å². The molecule has 2 amide bonds. The maximum Gasteiger partial charge on any atom is 0.242 e. The Hall–Kier alpha value is -2.40. The van der Waals surface area contributed by atoms with Crippen LogP contribution in [0.4, 0.5) is 0 Å². The number of nitrogens with zero attached hydrogens (tertiary/aromatic N) is 1. The molecule has 0 aliphatic carbocycles. The molecule has 0 radical (unpaired) electrons. The first-order valence-electron chi connectivity index (χ1n) is 10.3. The number of benzene rings is 2. The Balaban J connectivity index is 1.97. The van der Waals surface area contributed by atoms with Gasteiger partial charge in [-0.25, -0.2) is 0 Å². The molecule has 2 rings (SSSR count). The summed E-state index contributed by atoms with van der Waals surface area (Å²) in [5.74, 6) is -0.257. The zero-order chi connectivity index (χ0) is 21.6. The molecule has 0 saturated carbocycles. The third-order valence-electron chi connectivity index (χ3n) is 4.93. The first-order valence-corrected chi connectivity index (χ1v) is 10.3. The summed E-state index contributed by atoms with van der Waals surface area (Å²) in [6.07, 6.45) is 0.257. The zero-order valence-corrected chi connectivity index (χ0v) is 18.6. The van der Waals surface area contributed by atoms with Crippen molar-refractivity contribution in [2.75, 3.05) is 27.2 Å². The van der Waals surface area contributed by atoms with Gasteiger partial charge in [-0.15, -0.1) is 0 Å². The number of hydrogen-bond acceptors (Lipinski definition) is 3. The van der Waals surface area contributed by atoms with Gasteiger partial charge in [-0.05, 0) is 41.8 Å². The van der Waals surface area contributed by atoms with E-state index >= 15 is 0 Å². The summed E-state index contributed by atoms with van der Waals surface area (Å²) >= 11 is 0. The molecule has 0 aliphatic heterocycles. The molecular weight excluding hydrogens is 362 g/mol. The minimum atomic E-state index is -0.543. The summed E-state index contributed by atoms with van der Waals surface area (Å²) in [6.45, 7) is 9.57. The highest BCUT2D eigenvalue weighted by atomic mass is 16.2. The molecule has 1 unspecified atom stereocenters. The second kappa shape index (κ2) is 9.88. The lowest BCUT2D eigenvalue weighted by atomic mass is 9.92. The standard InChI is InChI=1S/C24H35N3O2/c1-17(2)22(23(29)25-15-24(3,4)16-27(5)6)26-21(28)14-18-11-12-19-9-7-8-10-20(19)13-18/h7-13,17,22H,14-16H2,1-6H3,(H,25,29)(H,26,28). The molecule has 1 atom stereocenters. The molecular formula is C24H35N3O2. The van der Waals surface area contributed by atoms with Gasteiger partial charge in [0.15, 0.2) is 0 Å². The molecule has 0 fully saturated rings. The van der Waals surface area contributed by atoms with Crippen LogP contribution < -0.4 is 10.6 Å². The minimum absolute atomic E-state index is 0.00696. The van der Waals surface area contributed by atoms with Gasteiger partial charge in [0.2, 0.25) is 11.8 Å². The van der Waals surface area contributed by atoms with Crippen LogP contribution in [-0.2, 0) is 16.0 Å². The highest BCUT2D eigenvalue weighted by molar-refractivity contribution is 5.89. The first kappa shape index (κ1) is 22.9. The van der Waals surface area contributed by atoms with Crippen LogP contribution in [0.15, 0.2) is 42.5 Å². The SMILES string of the molecule is CC(C)C(NC(=O)Cc1ccc2ccccc2c1)C(=O)NCC(C)(C)CN(C)C. The molecule has 0 bridgehead atoms. The van der Waals surface area contributed by atoms with Crippen LogP contribution >= 0.6 is 0 Å². The quantitative estimate of drug-likeness (QED) is 0.683. The van der Waals surface area contributed by atoms with Crippen molar-refractivity contribution in [2.24, 2.45) is 11.3 Å². The van der Waals surface area contributed by atoms with Crippen LogP contribution in [0.1, 0.15) is 33.3 Å². The summed E-state index contributed by atoms with van der Waals surface area (Å²) in [4.78, 5) is 27.5. The normalized spacial score (nSPS) is 13.0. The van der Waals surface area contributed by atoms with Crippen molar-refractivity contribution in [3.63, 3.8) is 0 Å². The lowest BCUT2D eigenvalue weighted by Crippen LogP contribution is -2.52. The highest BCUT2D eigenvalue weighted by Crippen LogP contribution is 2.17. The highest BCUT2D eigenvalue weighted by Gasteiger charge is 2.26. The predicted molar refractivity (Wildman–Crippen MR) is 120 cm³/mol. The van der Waals surface area contributed by atoms with Crippen LogP contribution in [0.25, 0.3) is 10.8 Å². The van der Waals surface area contributed by atoms with Crippen molar-refractivity contribution in [1.82, 2.24) is 15.5 Å². The zero-order valence-electron chi connectivity index (χ0n) is 18.6. The van der Waals surface area contributed by atoms with E-state index in [-0.39, 0.29) is 29.6 Å². The fraction of sp³-hybridized carbons (Fsp3) is 0.500. The van der Waals surface area contributed by atoms with Crippen molar-refractivity contribution in [3.8, 4) is 0 Å². The molecule has 0 aliphatic rings. The Labute approximate surface area is 174 Å². The summed E-state index contributed by atoms with van der Waals surface area (Å²) in [5, 5.41) is 8.21. The summed E-state index contributed by atoms with van der Waals surface area (Å²) in [7, 11) is 4.04. The number of nitrogens with one attached hydrogen (secondary N) is 2. The maximum atomic E-state index is 12.7. The van der Waals surface area contributed by atoms with Gasteiger partial charge in [-0.3, -0.25) is 9.59 Å². The van der Waals surface area contributed by atoms with E-state index in [1.54, 1.807) is 0 Å². The molecule has 0 spiro atoms. The molecule has 2 aromatic carbocycles. The average Bonchev–Trinajstić information content (AvgIpc) is 2.63. The Morgan fingerprint density at radius 3 is 2.31 bits per heavy atom. The van der Waals surface area contributed by atoms with Gasteiger partial charge in [0, 0.05) is 13.1 Å². The van der Waals surface area contributed by atoms with E-state index in [4.69, 9.17) is 0 Å². The van der Waals surface area contributed by atoms with Crippen LogP contribution in [0.5, 0.6) is 0 Å². The number of carbonyl (C=O) groups excluding carboxylic acids is 2. The van der Waals surface area contributed by atoms with Crippen LogP contribution in [0.3, 0.4) is 0 Å². The molecule has 5 heteroatoms. The number of carbonyl (C=O) groups is 2. The van der Waals surface area contributed by atoms with E-state index in [2.05, 4.69) is 35.4 Å². The van der Waals surface area contributed by atoms with Gasteiger partial charge >= 0.3 is 0 Å². The van der Waals surface area contributed by atoms with Crippen LogP contribution in [0, 0.1) is 11.3 Å². The molecule has 0 saturated heterocycles. The van der Waals surface area contributed by atoms with Gasteiger partial charge in [0.05, 0.1) is 6.42 Å². The second-order valence-electron chi connectivity index (χ2n) is 9.27. The van der Waals surface area contributed by atoms with Gasteiger partial charge in [-0.2, -0.15) is 0 Å². The number of amides is 2. The van der Waals surface area contributed by atoms with E-state index in [1.807, 2.05) is 64.3 Å². The predicted octanol–water partition coefficient (Wildman–Crippen LogP) is 3.23. The molecule has 158 valence electrons. The summed E-state index contributed by atoms with van der Waals surface area (Å²) in [6, 6.07) is 13.6. The van der Waals surface area contributed by atoms with Gasteiger partial charge in [0.1, 0.15) is 6.04 Å². The lowest BCUT2D eigenvalue weighted by Gasteiger charge is -2.30. The fourth-order valence-corrected chi connectivity index (χ4v) is 3.64. The van der Waals surface area contributed by atoms with E-state index in [0.717, 1.165) is 22.9 Å². The lowest BCUT2D eigenvalue weighted by molar-refractivity contribution is -0.130. The second-order valence-corrected chi connectivity index (χ2v) is 9.27. The van der Waals surface area contributed by atoms with Crippen molar-refractivity contribution in [3.05, 3.63) is 48.0 Å². The molecule has 5 nitrogen and oxygen atoms in total. The average molecular weight is 398 g/mol. The van der Waals surface area contributed by atoms with E-state index in [9.17, 15) is 9.59 Å². The molecule has 2 N–H and O–H groups in total. The van der Waals surface area contributed by atoms with Crippen molar-refractivity contribution in [1.29, 1.82) is 0 Å². The topological polar surface area (TPSA) is 61.4 Å². The Kier molecular flexibility index (Phi) is 7.80. The van der Waals surface area contributed by atoms with E-state index in [1.165, 1.54) is 0 Å². The fourth-order valence-electron chi connectivity index (χ4n) is 3.64. The minimum Gasteiger partial charge on any atom is -0.354 e. The van der Waals surface area contributed by atoms with Gasteiger partial charge in [0.25, 0.3) is 0 Å². The van der Waals surface area contributed by atoms with Crippen molar-refractivity contribution in [2.45, 2.75) is 40.2 Å². The van der Waals surface area contributed by atoms with Crippen LogP contribution in [-0.4, -0.2) is 49.9 Å². The molecule has 0 heterocycles. The largest absolute Gasteiger partial charge is 0.354 e. The number of hydrogen-bond donors (Lipinski definition) is 2. The summed E-state index contributed by atoms with van der Waals surface area (Å²) < 4.78 is 0. The maximum absolute atomic E-state index is 12.7. The Morgan fingerprint density at radius 1 is 1.03 bits per heavy atom. The summed E-state index contributed by atoms with van der Waals surface area (Å²) in [5.41, 5.74) is 0.895. The van der Waals surface area contributed by atoms with Gasteiger partial charge < -0.3 is 15.5 Å². The Morgan fingerprint density at radius 2 is 1.69 bits per heavy atom. The Bertz CT molecular complexity index is 843. The number of rotatable bonds is 9. The first-order chi connectivity index (χ1) is 13.6. The monoisotopic (exact) mass is 397 g/mol. The molecule has 0 aromatic heterocycles. The van der Waals surface area contributed by atoms with Crippen molar-refractivity contribution < 1.29 is 9.59 Å². The van der Waals surface area contributed by atoms with E-state index in [0.29, 0.717) is 6.54 Å².